The largest absolute Gasteiger partial charge is 0.543 e. The molecule has 0 spiro atoms. The van der Waals surface area contributed by atoms with E-state index in [1.165, 1.54) is 16.2 Å². The van der Waals surface area contributed by atoms with Crippen LogP contribution >= 0.6 is 11.3 Å². The van der Waals surface area contributed by atoms with Gasteiger partial charge in [-0.15, -0.1) is 0 Å². The van der Waals surface area contributed by atoms with Crippen molar-refractivity contribution in [2.24, 2.45) is 18.9 Å². The minimum absolute atomic E-state index is 0.0644. The number of imidazole rings is 1. The SMILES string of the molecule is C[C@@H](O)[C@H]1C(=O)N2C(C(=O)[O-])=C(c3csc4cn(C)c[n+]34)[C@H](C)[C@H]12. The van der Waals surface area contributed by atoms with Gasteiger partial charge in [0.05, 0.1) is 36.8 Å². The van der Waals surface area contributed by atoms with E-state index in [1.807, 2.05) is 40.8 Å². The first kappa shape index (κ1) is 15.3. The fourth-order valence-corrected chi connectivity index (χ4v) is 5.00. The Labute approximate surface area is 142 Å². The molecule has 1 N–H and O–H groups in total. The standard InChI is InChI=1S/C16H17N3O4S/c1-7-11(9-5-24-10-4-17(3)6-18(9)10)14(16(22)23)19-13(7)12(8(2)20)15(19)21/h4-8,12-13,20H,1-3H3/t7-,8+,12+,13+/m0/s1. The Morgan fingerprint density at radius 2 is 2.21 bits per heavy atom. The Morgan fingerprint density at radius 1 is 1.50 bits per heavy atom. The molecule has 4 atom stereocenters. The summed E-state index contributed by atoms with van der Waals surface area (Å²) in [7, 11) is 1.90. The van der Waals surface area contributed by atoms with Crippen molar-refractivity contribution in [3.63, 3.8) is 0 Å². The third kappa shape index (κ3) is 1.78. The molecule has 8 heteroatoms. The summed E-state index contributed by atoms with van der Waals surface area (Å²) in [6.07, 6.45) is 3.01. The monoisotopic (exact) mass is 347 g/mol. The minimum Gasteiger partial charge on any atom is -0.543 e. The number of hydrogen-bond donors (Lipinski definition) is 1. The molecular weight excluding hydrogens is 330 g/mol. The Hall–Kier alpha value is -2.19. The number of carboxylic acid groups (broad SMARTS) is 1. The molecular formula is C16H17N3O4S. The molecule has 0 aliphatic carbocycles. The van der Waals surface area contributed by atoms with Crippen LogP contribution < -0.4 is 9.51 Å². The van der Waals surface area contributed by atoms with Crippen LogP contribution in [-0.2, 0) is 16.6 Å². The van der Waals surface area contributed by atoms with Crippen LogP contribution in [0.15, 0.2) is 23.6 Å². The number of fused-ring (bicyclic) bond motifs is 2. The third-order valence-corrected chi connectivity index (χ3v) is 5.93. The zero-order valence-corrected chi connectivity index (χ0v) is 14.3. The lowest BCUT2D eigenvalue weighted by atomic mass is 9.77. The Kier molecular flexibility index (Phi) is 3.14. The molecule has 2 aromatic heterocycles. The fourth-order valence-electron chi connectivity index (χ4n) is 4.04. The summed E-state index contributed by atoms with van der Waals surface area (Å²) in [5, 5.41) is 23.6. The molecule has 0 bridgehead atoms. The molecule has 1 amide bonds. The fraction of sp³-hybridized carbons (Fsp3) is 0.438. The molecule has 2 aromatic rings. The van der Waals surface area contributed by atoms with E-state index < -0.39 is 18.0 Å². The highest BCUT2D eigenvalue weighted by Crippen LogP contribution is 2.49. The third-order valence-electron chi connectivity index (χ3n) is 5.04. The summed E-state index contributed by atoms with van der Waals surface area (Å²) in [5.41, 5.74) is 1.29. The van der Waals surface area contributed by atoms with E-state index in [1.54, 1.807) is 6.92 Å². The number of β-lactam (4-membered cyclic amide) rings is 1. The van der Waals surface area contributed by atoms with Crippen molar-refractivity contribution in [1.82, 2.24) is 9.47 Å². The van der Waals surface area contributed by atoms with Crippen molar-refractivity contribution in [2.75, 3.05) is 0 Å². The molecule has 4 heterocycles. The number of amides is 1. The topological polar surface area (TPSA) is 89.7 Å². The smallest absolute Gasteiger partial charge is 0.249 e. The number of hydrogen-bond acceptors (Lipinski definition) is 5. The molecule has 2 aliphatic rings. The van der Waals surface area contributed by atoms with Gasteiger partial charge in [-0.1, -0.05) is 18.3 Å². The highest BCUT2D eigenvalue weighted by atomic mass is 32.1. The maximum atomic E-state index is 12.4. The zero-order valence-electron chi connectivity index (χ0n) is 13.5. The van der Waals surface area contributed by atoms with Crippen LogP contribution in [0.1, 0.15) is 19.5 Å². The Bertz CT molecular complexity index is 910. The first-order valence-corrected chi connectivity index (χ1v) is 8.62. The number of carboxylic acids is 1. The van der Waals surface area contributed by atoms with E-state index in [2.05, 4.69) is 0 Å². The van der Waals surface area contributed by atoms with Crippen LogP contribution in [0.2, 0.25) is 0 Å². The number of thiazole rings is 1. The molecule has 1 saturated heterocycles. The summed E-state index contributed by atoms with van der Waals surface area (Å²) in [6.45, 7) is 3.47. The summed E-state index contributed by atoms with van der Waals surface area (Å²) in [4.78, 5) is 26.4. The van der Waals surface area contributed by atoms with E-state index in [0.29, 0.717) is 5.57 Å². The Morgan fingerprint density at radius 3 is 2.83 bits per heavy atom. The summed E-state index contributed by atoms with van der Waals surface area (Å²) in [6, 6.07) is -0.334. The molecule has 1 fully saturated rings. The van der Waals surface area contributed by atoms with Gasteiger partial charge in [-0.2, -0.15) is 4.40 Å². The second kappa shape index (κ2) is 4.90. The van der Waals surface area contributed by atoms with Gasteiger partial charge < -0.3 is 19.9 Å². The maximum Gasteiger partial charge on any atom is 0.249 e. The van der Waals surface area contributed by atoms with Gasteiger partial charge >= 0.3 is 0 Å². The van der Waals surface area contributed by atoms with Crippen molar-refractivity contribution < 1.29 is 24.2 Å². The first-order chi connectivity index (χ1) is 11.3. The normalized spacial score (nSPS) is 27.6. The average molecular weight is 347 g/mol. The van der Waals surface area contributed by atoms with Crippen LogP contribution in [0.4, 0.5) is 0 Å². The number of aliphatic hydroxyl groups excluding tert-OH is 1. The van der Waals surface area contributed by atoms with Crippen LogP contribution in [-0.4, -0.2) is 38.6 Å². The number of carbonyl (C=O) groups is 2. The van der Waals surface area contributed by atoms with E-state index in [4.69, 9.17) is 0 Å². The quantitative estimate of drug-likeness (QED) is 0.578. The number of aromatic nitrogens is 2. The van der Waals surface area contributed by atoms with Gasteiger partial charge in [0, 0.05) is 16.9 Å². The number of aryl methyl sites for hydroxylation is 1. The van der Waals surface area contributed by atoms with Gasteiger partial charge in [0.15, 0.2) is 0 Å². The van der Waals surface area contributed by atoms with Crippen LogP contribution in [0.25, 0.3) is 10.4 Å². The van der Waals surface area contributed by atoms with Gasteiger partial charge in [0.1, 0.15) is 11.9 Å². The molecule has 0 saturated carbocycles. The van der Waals surface area contributed by atoms with Gasteiger partial charge in [-0.25, -0.2) is 4.57 Å². The number of aliphatic hydroxyl groups is 1. The molecule has 2 aliphatic heterocycles. The Balaban J connectivity index is 1.90. The number of carbonyl (C=O) groups excluding carboxylic acids is 2. The summed E-state index contributed by atoms with van der Waals surface area (Å²) in [5.74, 6) is -2.46. The van der Waals surface area contributed by atoms with E-state index in [0.717, 1.165) is 10.5 Å². The molecule has 126 valence electrons. The average Bonchev–Trinajstić information content (AvgIpc) is 3.08. The number of aliphatic carboxylic acids is 1. The van der Waals surface area contributed by atoms with Crippen molar-refractivity contribution in [1.29, 1.82) is 0 Å². The maximum absolute atomic E-state index is 12.4. The van der Waals surface area contributed by atoms with Crippen LogP contribution in [0.5, 0.6) is 0 Å². The lowest BCUT2D eigenvalue weighted by Crippen LogP contribution is -2.64. The molecule has 24 heavy (non-hydrogen) atoms. The minimum atomic E-state index is -1.35. The van der Waals surface area contributed by atoms with Gasteiger partial charge in [0.25, 0.3) is 0 Å². The van der Waals surface area contributed by atoms with Crippen molar-refractivity contribution in [2.45, 2.75) is 26.0 Å². The molecule has 7 nitrogen and oxygen atoms in total. The summed E-state index contributed by atoms with van der Waals surface area (Å²) >= 11 is 1.51. The lowest BCUT2D eigenvalue weighted by molar-refractivity contribution is -0.511. The van der Waals surface area contributed by atoms with Crippen molar-refractivity contribution in [3.8, 4) is 0 Å². The van der Waals surface area contributed by atoms with Gasteiger partial charge in [0.2, 0.25) is 17.1 Å². The predicted molar refractivity (Wildman–Crippen MR) is 83.3 cm³/mol. The van der Waals surface area contributed by atoms with E-state index >= 15 is 0 Å². The molecule has 4 rings (SSSR count). The summed E-state index contributed by atoms with van der Waals surface area (Å²) < 4.78 is 3.82. The van der Waals surface area contributed by atoms with E-state index in [-0.39, 0.29) is 23.6 Å². The van der Waals surface area contributed by atoms with Gasteiger partial charge in [-0.3, -0.25) is 4.79 Å². The highest BCUT2D eigenvalue weighted by Gasteiger charge is 2.59. The second-order valence-corrected chi connectivity index (χ2v) is 7.43. The molecule has 0 aromatic carbocycles. The van der Waals surface area contributed by atoms with Crippen molar-refractivity contribution in [3.05, 3.63) is 29.3 Å². The van der Waals surface area contributed by atoms with Crippen LogP contribution in [0, 0.1) is 11.8 Å². The van der Waals surface area contributed by atoms with E-state index in [9.17, 15) is 19.8 Å². The molecule has 0 unspecified atom stereocenters. The van der Waals surface area contributed by atoms with Crippen molar-refractivity contribution >= 4 is 33.6 Å². The first-order valence-electron chi connectivity index (χ1n) is 7.74. The number of nitrogens with zero attached hydrogens (tertiary/aromatic N) is 3. The van der Waals surface area contributed by atoms with Gasteiger partial charge in [-0.05, 0) is 6.92 Å². The lowest BCUT2D eigenvalue weighted by Gasteiger charge is -2.47. The molecule has 0 radical (unpaired) electrons. The van der Waals surface area contributed by atoms with Crippen LogP contribution in [0.3, 0.4) is 0 Å². The number of rotatable bonds is 3. The zero-order chi connectivity index (χ0) is 17.3. The predicted octanol–water partition coefficient (Wildman–Crippen LogP) is -0.856. The highest BCUT2D eigenvalue weighted by molar-refractivity contribution is 7.15. The second-order valence-electron chi connectivity index (χ2n) is 6.54.